The predicted octanol–water partition coefficient (Wildman–Crippen LogP) is 1.26. The zero-order chi connectivity index (χ0) is 8.39. The molecule has 1 saturated carbocycles. The summed E-state index contributed by atoms with van der Waals surface area (Å²) in [6.07, 6.45) is 4.12. The van der Waals surface area contributed by atoms with Crippen molar-refractivity contribution in [3.8, 4) is 0 Å². The molecular formula is C9H17NOS. The van der Waals surface area contributed by atoms with Crippen LogP contribution in [0.2, 0.25) is 0 Å². The molecule has 2 aliphatic rings. The van der Waals surface area contributed by atoms with E-state index in [0.717, 1.165) is 29.8 Å². The van der Waals surface area contributed by atoms with E-state index in [2.05, 4.69) is 24.1 Å². The normalized spacial score (nSPS) is 36.8. The molecular weight excluding hydrogens is 170 g/mol. The van der Waals surface area contributed by atoms with Gasteiger partial charge in [-0.3, -0.25) is 0 Å². The van der Waals surface area contributed by atoms with Gasteiger partial charge in [0.2, 0.25) is 0 Å². The van der Waals surface area contributed by atoms with Gasteiger partial charge in [0.15, 0.2) is 0 Å². The first-order valence-electron chi connectivity index (χ1n) is 4.79. The second-order valence-corrected chi connectivity index (χ2v) is 5.32. The van der Waals surface area contributed by atoms with Gasteiger partial charge in [-0.1, -0.05) is 0 Å². The maximum Gasteiger partial charge on any atom is 0.0608 e. The van der Waals surface area contributed by atoms with Crippen LogP contribution in [-0.4, -0.2) is 36.8 Å². The molecule has 2 nitrogen and oxygen atoms in total. The van der Waals surface area contributed by atoms with E-state index in [-0.39, 0.29) is 0 Å². The number of hydrogen-bond acceptors (Lipinski definition) is 3. The lowest BCUT2D eigenvalue weighted by Crippen LogP contribution is -2.32. The van der Waals surface area contributed by atoms with Crippen LogP contribution in [0.25, 0.3) is 0 Å². The Labute approximate surface area is 78.4 Å². The summed E-state index contributed by atoms with van der Waals surface area (Å²) >= 11 is 2.15. The molecule has 0 aromatic rings. The summed E-state index contributed by atoms with van der Waals surface area (Å²) in [6.45, 7) is 1.98. The molecule has 0 radical (unpaired) electrons. The number of hydrogen-bond donors (Lipinski definition) is 1. The van der Waals surface area contributed by atoms with Gasteiger partial charge in [-0.05, 0) is 26.3 Å². The van der Waals surface area contributed by atoms with E-state index in [9.17, 15) is 0 Å². The fourth-order valence-electron chi connectivity index (χ4n) is 1.89. The molecule has 1 aliphatic carbocycles. The van der Waals surface area contributed by atoms with Crippen LogP contribution in [0.1, 0.15) is 19.3 Å². The van der Waals surface area contributed by atoms with E-state index in [1.807, 2.05) is 0 Å². The molecule has 0 aromatic carbocycles. The third kappa shape index (κ3) is 1.95. The molecule has 70 valence electrons. The van der Waals surface area contributed by atoms with Crippen molar-refractivity contribution in [2.24, 2.45) is 0 Å². The molecule has 1 heterocycles. The van der Waals surface area contributed by atoms with Gasteiger partial charge in [-0.2, -0.15) is 11.8 Å². The third-order valence-electron chi connectivity index (χ3n) is 2.79. The largest absolute Gasteiger partial charge is 0.379 e. The molecule has 2 fully saturated rings. The average molecular weight is 187 g/mol. The minimum absolute atomic E-state index is 0.781. The number of nitrogens with one attached hydrogen (secondary N) is 1. The van der Waals surface area contributed by atoms with Crippen LogP contribution in [0.5, 0.6) is 0 Å². The molecule has 2 unspecified atom stereocenters. The van der Waals surface area contributed by atoms with E-state index in [1.165, 1.54) is 19.3 Å². The monoisotopic (exact) mass is 187 g/mol. The van der Waals surface area contributed by atoms with Gasteiger partial charge in [0.1, 0.15) is 0 Å². The van der Waals surface area contributed by atoms with Gasteiger partial charge in [-0.15, -0.1) is 0 Å². The number of ether oxygens (including phenoxy) is 1. The van der Waals surface area contributed by atoms with Gasteiger partial charge in [-0.25, -0.2) is 0 Å². The molecule has 2 atom stereocenters. The quantitative estimate of drug-likeness (QED) is 0.718. The molecule has 3 heteroatoms. The second kappa shape index (κ2) is 3.99. The van der Waals surface area contributed by atoms with Crippen molar-refractivity contribution in [3.05, 3.63) is 0 Å². The lowest BCUT2D eigenvalue weighted by atomic mass is 10.3. The van der Waals surface area contributed by atoms with E-state index in [0.29, 0.717) is 0 Å². The predicted molar refractivity (Wildman–Crippen MR) is 52.7 cm³/mol. The van der Waals surface area contributed by atoms with Crippen molar-refractivity contribution in [1.29, 1.82) is 0 Å². The molecule has 2 rings (SSSR count). The van der Waals surface area contributed by atoms with Crippen LogP contribution in [-0.2, 0) is 4.74 Å². The maximum absolute atomic E-state index is 5.16. The topological polar surface area (TPSA) is 21.3 Å². The Balaban J connectivity index is 1.68. The first-order chi connectivity index (χ1) is 5.88. The Bertz CT molecular complexity index is 149. The highest BCUT2D eigenvalue weighted by Crippen LogP contribution is 2.34. The summed E-state index contributed by atoms with van der Waals surface area (Å²) in [5, 5.41) is 5.07. The van der Waals surface area contributed by atoms with E-state index in [1.54, 1.807) is 0 Å². The van der Waals surface area contributed by atoms with Crippen LogP contribution in [0.3, 0.4) is 0 Å². The molecule has 1 aliphatic heterocycles. The Morgan fingerprint density at radius 2 is 2.08 bits per heavy atom. The average Bonchev–Trinajstić information content (AvgIpc) is 2.44. The standard InChI is InChI=1S/C9H17NOS/c1-10-7-2-3-8(4-7)12-9-5-11-6-9/h7-10H,2-6H2,1H3. The zero-order valence-corrected chi connectivity index (χ0v) is 8.40. The highest BCUT2D eigenvalue weighted by molar-refractivity contribution is 8.00. The number of rotatable bonds is 3. The van der Waals surface area contributed by atoms with Gasteiger partial charge < -0.3 is 10.1 Å². The Hall–Kier alpha value is 0.270. The van der Waals surface area contributed by atoms with Crippen molar-refractivity contribution in [1.82, 2.24) is 5.32 Å². The molecule has 0 spiro atoms. The van der Waals surface area contributed by atoms with Crippen molar-refractivity contribution in [2.75, 3.05) is 20.3 Å². The minimum atomic E-state index is 0.781. The van der Waals surface area contributed by atoms with Crippen LogP contribution in [0.4, 0.5) is 0 Å². The first kappa shape index (κ1) is 8.85. The summed E-state index contributed by atoms with van der Waals surface area (Å²) in [4.78, 5) is 0. The molecule has 0 bridgehead atoms. The first-order valence-corrected chi connectivity index (χ1v) is 5.73. The smallest absolute Gasteiger partial charge is 0.0608 e. The van der Waals surface area contributed by atoms with Gasteiger partial charge >= 0.3 is 0 Å². The van der Waals surface area contributed by atoms with E-state index in [4.69, 9.17) is 4.74 Å². The summed E-state index contributed by atoms with van der Waals surface area (Å²) in [7, 11) is 2.07. The summed E-state index contributed by atoms with van der Waals surface area (Å²) in [6, 6.07) is 0.781. The van der Waals surface area contributed by atoms with Gasteiger partial charge in [0.25, 0.3) is 0 Å². The van der Waals surface area contributed by atoms with Crippen molar-refractivity contribution in [3.63, 3.8) is 0 Å². The highest BCUT2D eigenvalue weighted by atomic mass is 32.2. The van der Waals surface area contributed by atoms with Crippen molar-refractivity contribution >= 4 is 11.8 Å². The Morgan fingerprint density at radius 1 is 1.25 bits per heavy atom. The van der Waals surface area contributed by atoms with E-state index >= 15 is 0 Å². The Kier molecular flexibility index (Phi) is 2.94. The van der Waals surface area contributed by atoms with Crippen molar-refractivity contribution < 1.29 is 4.74 Å². The SMILES string of the molecule is CNC1CCC(SC2COC2)C1. The molecule has 0 amide bonds. The molecule has 12 heavy (non-hydrogen) atoms. The lowest BCUT2D eigenvalue weighted by molar-refractivity contribution is 0.0453. The fraction of sp³-hybridized carbons (Fsp3) is 1.00. The van der Waals surface area contributed by atoms with Crippen LogP contribution in [0, 0.1) is 0 Å². The van der Waals surface area contributed by atoms with Crippen LogP contribution >= 0.6 is 11.8 Å². The minimum Gasteiger partial charge on any atom is -0.379 e. The van der Waals surface area contributed by atoms with Gasteiger partial charge in [0, 0.05) is 11.3 Å². The second-order valence-electron chi connectivity index (χ2n) is 3.72. The van der Waals surface area contributed by atoms with Gasteiger partial charge in [0.05, 0.1) is 18.5 Å². The van der Waals surface area contributed by atoms with Crippen molar-refractivity contribution in [2.45, 2.75) is 35.8 Å². The van der Waals surface area contributed by atoms with E-state index < -0.39 is 0 Å². The Morgan fingerprint density at radius 3 is 2.58 bits per heavy atom. The molecule has 1 N–H and O–H groups in total. The summed E-state index contributed by atoms with van der Waals surface area (Å²) in [5.74, 6) is 0. The summed E-state index contributed by atoms with van der Waals surface area (Å²) in [5.41, 5.74) is 0. The lowest BCUT2D eigenvalue weighted by Gasteiger charge is -2.27. The van der Waals surface area contributed by atoms with Crippen LogP contribution < -0.4 is 5.32 Å². The number of thioether (sulfide) groups is 1. The zero-order valence-electron chi connectivity index (χ0n) is 7.58. The maximum atomic E-state index is 5.16. The summed E-state index contributed by atoms with van der Waals surface area (Å²) < 4.78 is 5.16. The highest BCUT2D eigenvalue weighted by Gasteiger charge is 2.29. The third-order valence-corrected chi connectivity index (χ3v) is 4.26. The van der Waals surface area contributed by atoms with Crippen LogP contribution in [0.15, 0.2) is 0 Å². The molecule has 0 aromatic heterocycles. The fourth-order valence-corrected chi connectivity index (χ4v) is 3.40. The molecule has 1 saturated heterocycles.